The zero-order chi connectivity index (χ0) is 12.3. The summed E-state index contributed by atoms with van der Waals surface area (Å²) in [4.78, 5) is 13.4. The number of morpholine rings is 1. The molecule has 1 heterocycles. The maximum absolute atomic E-state index is 11.7. The lowest BCUT2D eigenvalue weighted by Gasteiger charge is -2.34. The van der Waals surface area contributed by atoms with Gasteiger partial charge in [-0.05, 0) is 12.5 Å². The lowest BCUT2D eigenvalue weighted by Crippen LogP contribution is -2.50. The van der Waals surface area contributed by atoms with Crippen molar-refractivity contribution in [2.75, 3.05) is 19.8 Å². The zero-order valence-corrected chi connectivity index (χ0v) is 9.93. The fraction of sp³-hybridized carbons (Fsp3) is 0.462. The molecule has 1 amide bonds. The van der Waals surface area contributed by atoms with Gasteiger partial charge in [-0.3, -0.25) is 4.79 Å². The van der Waals surface area contributed by atoms with Crippen LogP contribution in [0.3, 0.4) is 0 Å². The van der Waals surface area contributed by atoms with Crippen molar-refractivity contribution < 1.29 is 14.6 Å². The Bertz CT molecular complexity index is 405. The van der Waals surface area contributed by atoms with Crippen molar-refractivity contribution in [3.05, 3.63) is 35.4 Å². The molecule has 0 saturated carbocycles. The highest BCUT2D eigenvalue weighted by atomic mass is 16.5. The maximum atomic E-state index is 11.7. The second-order valence-corrected chi connectivity index (χ2v) is 4.36. The van der Waals surface area contributed by atoms with Gasteiger partial charge >= 0.3 is 0 Å². The van der Waals surface area contributed by atoms with Crippen molar-refractivity contribution in [1.82, 2.24) is 4.90 Å². The van der Waals surface area contributed by atoms with E-state index in [0.29, 0.717) is 13.2 Å². The van der Waals surface area contributed by atoms with Gasteiger partial charge in [0.05, 0.1) is 19.3 Å². The molecule has 1 saturated heterocycles. The summed E-state index contributed by atoms with van der Waals surface area (Å²) in [7, 11) is 0. The first kappa shape index (κ1) is 12.1. The van der Waals surface area contributed by atoms with Crippen LogP contribution in [0.4, 0.5) is 0 Å². The van der Waals surface area contributed by atoms with Gasteiger partial charge in [0.2, 0.25) is 5.91 Å². The number of carbonyl (C=O) groups is 1. The number of aliphatic hydroxyl groups is 1. The van der Waals surface area contributed by atoms with Gasteiger partial charge in [0, 0.05) is 6.54 Å². The smallest absolute Gasteiger partial charge is 0.249 e. The van der Waals surface area contributed by atoms with Crippen molar-refractivity contribution in [3.63, 3.8) is 0 Å². The maximum Gasteiger partial charge on any atom is 0.249 e. The van der Waals surface area contributed by atoms with Crippen LogP contribution in [0.2, 0.25) is 0 Å². The average Bonchev–Trinajstić information content (AvgIpc) is 2.32. The highest BCUT2D eigenvalue weighted by Crippen LogP contribution is 2.14. The molecule has 1 unspecified atom stereocenters. The second kappa shape index (κ2) is 5.29. The zero-order valence-electron chi connectivity index (χ0n) is 9.93. The minimum atomic E-state index is -0.225. The first-order valence-corrected chi connectivity index (χ1v) is 5.74. The number of nitrogens with zero attached hydrogens (tertiary/aromatic N) is 1. The molecule has 1 aromatic carbocycles. The van der Waals surface area contributed by atoms with Crippen LogP contribution in [0.15, 0.2) is 24.3 Å². The van der Waals surface area contributed by atoms with Gasteiger partial charge in [-0.15, -0.1) is 0 Å². The lowest BCUT2D eigenvalue weighted by atomic mass is 10.1. The average molecular weight is 235 g/mol. The van der Waals surface area contributed by atoms with Gasteiger partial charge in [-0.1, -0.05) is 29.8 Å². The van der Waals surface area contributed by atoms with Crippen molar-refractivity contribution in [2.45, 2.75) is 19.5 Å². The quantitative estimate of drug-likeness (QED) is 0.839. The summed E-state index contributed by atoms with van der Waals surface area (Å²) in [5, 5.41) is 9.24. The fourth-order valence-electron chi connectivity index (χ4n) is 2.03. The lowest BCUT2D eigenvalue weighted by molar-refractivity contribution is -0.151. The highest BCUT2D eigenvalue weighted by Gasteiger charge is 2.27. The molecule has 0 bridgehead atoms. The summed E-state index contributed by atoms with van der Waals surface area (Å²) in [6.07, 6.45) is 0. The molecule has 92 valence electrons. The Labute approximate surface area is 101 Å². The number of hydrogen-bond acceptors (Lipinski definition) is 3. The van der Waals surface area contributed by atoms with Gasteiger partial charge in [0.15, 0.2) is 0 Å². The van der Waals surface area contributed by atoms with Crippen LogP contribution in [0, 0.1) is 6.92 Å². The molecular weight excluding hydrogens is 218 g/mol. The standard InChI is InChI=1S/C13H17NO3/c1-10-3-2-4-11(5-10)6-14-12(7-15)8-17-9-13(14)16/h2-5,12,15H,6-9H2,1H3. The number of amides is 1. The van der Waals surface area contributed by atoms with Crippen LogP contribution in [0.5, 0.6) is 0 Å². The first-order valence-electron chi connectivity index (χ1n) is 5.74. The van der Waals surface area contributed by atoms with Crippen molar-refractivity contribution >= 4 is 5.91 Å². The molecule has 4 heteroatoms. The Kier molecular flexibility index (Phi) is 3.76. The minimum Gasteiger partial charge on any atom is -0.394 e. The third-order valence-corrected chi connectivity index (χ3v) is 2.94. The van der Waals surface area contributed by atoms with Crippen LogP contribution in [0.25, 0.3) is 0 Å². The summed E-state index contributed by atoms with van der Waals surface area (Å²) >= 11 is 0. The number of rotatable bonds is 3. The van der Waals surface area contributed by atoms with E-state index in [9.17, 15) is 9.90 Å². The number of aliphatic hydroxyl groups excluding tert-OH is 1. The van der Waals surface area contributed by atoms with E-state index in [4.69, 9.17) is 4.74 Å². The first-order chi connectivity index (χ1) is 8.20. The van der Waals surface area contributed by atoms with Crippen LogP contribution in [0.1, 0.15) is 11.1 Å². The highest BCUT2D eigenvalue weighted by molar-refractivity contribution is 5.78. The van der Waals surface area contributed by atoms with Crippen molar-refractivity contribution in [1.29, 1.82) is 0 Å². The molecule has 17 heavy (non-hydrogen) atoms. The van der Waals surface area contributed by atoms with Gasteiger partial charge < -0.3 is 14.7 Å². The van der Waals surface area contributed by atoms with Crippen LogP contribution < -0.4 is 0 Å². The molecule has 4 nitrogen and oxygen atoms in total. The molecule has 1 N–H and O–H groups in total. The van der Waals surface area contributed by atoms with E-state index >= 15 is 0 Å². The molecule has 0 spiro atoms. The number of carbonyl (C=O) groups excluding carboxylic acids is 1. The third kappa shape index (κ3) is 2.84. The van der Waals surface area contributed by atoms with Crippen molar-refractivity contribution in [2.24, 2.45) is 0 Å². The summed E-state index contributed by atoms with van der Waals surface area (Å²) in [5.74, 6) is -0.0585. The fourth-order valence-corrected chi connectivity index (χ4v) is 2.03. The van der Waals surface area contributed by atoms with Gasteiger partial charge in [-0.25, -0.2) is 0 Å². The SMILES string of the molecule is Cc1cccc(CN2C(=O)COCC2CO)c1. The van der Waals surface area contributed by atoms with Gasteiger partial charge in [-0.2, -0.15) is 0 Å². The normalized spacial score (nSPS) is 20.7. The number of hydrogen-bond donors (Lipinski definition) is 1. The van der Waals surface area contributed by atoms with E-state index < -0.39 is 0 Å². The molecule has 1 aromatic rings. The Hall–Kier alpha value is -1.39. The molecule has 2 rings (SSSR count). The van der Waals surface area contributed by atoms with Gasteiger partial charge in [0.1, 0.15) is 6.61 Å². The number of benzene rings is 1. The number of aryl methyl sites for hydroxylation is 1. The Balaban J connectivity index is 2.12. The summed E-state index contributed by atoms with van der Waals surface area (Å²) in [5.41, 5.74) is 2.25. The van der Waals surface area contributed by atoms with Crippen LogP contribution >= 0.6 is 0 Å². The topological polar surface area (TPSA) is 49.8 Å². The minimum absolute atomic E-state index is 0.0580. The Morgan fingerprint density at radius 3 is 3.06 bits per heavy atom. The summed E-state index contributed by atoms with van der Waals surface area (Å²) in [6, 6.07) is 7.82. The van der Waals surface area contributed by atoms with Gasteiger partial charge in [0.25, 0.3) is 0 Å². The summed E-state index contributed by atoms with van der Waals surface area (Å²) < 4.78 is 5.13. The predicted octanol–water partition coefficient (Wildman–Crippen LogP) is 0.715. The summed E-state index contributed by atoms with van der Waals surface area (Å²) in [6.45, 7) is 3.02. The molecule has 1 atom stereocenters. The Morgan fingerprint density at radius 1 is 1.53 bits per heavy atom. The third-order valence-electron chi connectivity index (χ3n) is 2.94. The van der Waals surface area contributed by atoms with E-state index in [1.807, 2.05) is 25.1 Å². The van der Waals surface area contributed by atoms with E-state index in [-0.39, 0.29) is 25.2 Å². The second-order valence-electron chi connectivity index (χ2n) is 4.36. The molecule has 0 aromatic heterocycles. The molecule has 1 aliphatic heterocycles. The molecule has 1 aliphatic rings. The van der Waals surface area contributed by atoms with Crippen molar-refractivity contribution in [3.8, 4) is 0 Å². The van der Waals surface area contributed by atoms with E-state index in [1.54, 1.807) is 4.90 Å². The molecular formula is C13H17NO3. The number of ether oxygens (including phenoxy) is 1. The van der Waals surface area contributed by atoms with E-state index in [0.717, 1.165) is 5.56 Å². The largest absolute Gasteiger partial charge is 0.394 e. The van der Waals surface area contributed by atoms with Crippen LogP contribution in [-0.4, -0.2) is 41.8 Å². The molecule has 0 aliphatic carbocycles. The van der Waals surface area contributed by atoms with Crippen LogP contribution in [-0.2, 0) is 16.1 Å². The predicted molar refractivity (Wildman–Crippen MR) is 63.4 cm³/mol. The molecule has 0 radical (unpaired) electrons. The molecule has 1 fully saturated rings. The van der Waals surface area contributed by atoms with E-state index in [2.05, 4.69) is 6.07 Å². The Morgan fingerprint density at radius 2 is 2.35 bits per heavy atom. The van der Waals surface area contributed by atoms with E-state index in [1.165, 1.54) is 5.56 Å². The monoisotopic (exact) mass is 235 g/mol.